The largest absolute Gasteiger partial charge is 0.391 e. The number of nitrogens with one attached hydrogen (secondary N) is 1. The average Bonchev–Trinajstić information content (AvgIpc) is 2.21. The summed E-state index contributed by atoms with van der Waals surface area (Å²) >= 11 is 5.96. The van der Waals surface area contributed by atoms with Crippen molar-refractivity contribution < 1.29 is 9.90 Å². The summed E-state index contributed by atoms with van der Waals surface area (Å²) in [5, 5.41) is 12.9. The highest BCUT2D eigenvalue weighted by Crippen LogP contribution is 2.17. The highest BCUT2D eigenvalue weighted by molar-refractivity contribution is 6.31. The number of aliphatic hydroxyl groups is 1. The van der Waals surface area contributed by atoms with E-state index in [2.05, 4.69) is 5.32 Å². The van der Waals surface area contributed by atoms with Crippen molar-refractivity contribution in [2.24, 2.45) is 0 Å². The Bertz CT molecular complexity index is 427. The summed E-state index contributed by atoms with van der Waals surface area (Å²) in [4.78, 5) is 11.9. The molecule has 0 aliphatic heterocycles. The van der Waals surface area contributed by atoms with E-state index in [0.717, 1.165) is 5.56 Å². The Kier molecular flexibility index (Phi) is 4.17. The molecule has 1 amide bonds. The fourth-order valence-electron chi connectivity index (χ4n) is 1.20. The summed E-state index contributed by atoms with van der Waals surface area (Å²) in [6, 6.07) is 5.14. The van der Waals surface area contributed by atoms with Gasteiger partial charge >= 0.3 is 0 Å². The van der Waals surface area contributed by atoms with Gasteiger partial charge in [-0.3, -0.25) is 4.79 Å². The van der Waals surface area contributed by atoms with Gasteiger partial charge in [-0.05, 0) is 45.4 Å². The minimum atomic E-state index is -0.672. The fourth-order valence-corrected chi connectivity index (χ4v) is 1.38. The van der Waals surface area contributed by atoms with Gasteiger partial charge in [0, 0.05) is 10.6 Å². The summed E-state index contributed by atoms with van der Waals surface area (Å²) in [6.07, 6.45) is -0.632. The summed E-state index contributed by atoms with van der Waals surface area (Å²) < 4.78 is 0. The Morgan fingerprint density at radius 2 is 2.06 bits per heavy atom. The topological polar surface area (TPSA) is 49.3 Å². The minimum Gasteiger partial charge on any atom is -0.391 e. The summed E-state index contributed by atoms with van der Waals surface area (Å²) in [5.74, 6) is -0.238. The number of hydrogen-bond acceptors (Lipinski definition) is 2. The summed E-state index contributed by atoms with van der Waals surface area (Å²) in [7, 11) is 0. The first-order valence-corrected chi connectivity index (χ1v) is 5.88. The van der Waals surface area contributed by atoms with Crippen LogP contribution in [0.2, 0.25) is 5.02 Å². The third-order valence-electron chi connectivity index (χ3n) is 2.91. The number of amides is 1. The molecule has 0 aliphatic rings. The number of rotatable bonds is 3. The highest BCUT2D eigenvalue weighted by Gasteiger charge is 2.26. The van der Waals surface area contributed by atoms with Crippen LogP contribution in [-0.2, 0) is 0 Å². The van der Waals surface area contributed by atoms with Crippen molar-refractivity contribution in [1.29, 1.82) is 0 Å². The van der Waals surface area contributed by atoms with Crippen LogP contribution in [-0.4, -0.2) is 22.7 Å². The Morgan fingerprint density at radius 1 is 1.47 bits per heavy atom. The van der Waals surface area contributed by atoms with Crippen molar-refractivity contribution >= 4 is 17.5 Å². The van der Waals surface area contributed by atoms with Crippen LogP contribution in [0.4, 0.5) is 0 Å². The van der Waals surface area contributed by atoms with Crippen molar-refractivity contribution in [1.82, 2.24) is 5.32 Å². The van der Waals surface area contributed by atoms with Gasteiger partial charge in [0.2, 0.25) is 0 Å². The van der Waals surface area contributed by atoms with Gasteiger partial charge in [-0.2, -0.15) is 0 Å². The maximum atomic E-state index is 11.9. The first-order valence-electron chi connectivity index (χ1n) is 5.51. The smallest absolute Gasteiger partial charge is 0.251 e. The number of carbonyl (C=O) groups is 1. The maximum absolute atomic E-state index is 11.9. The van der Waals surface area contributed by atoms with Crippen LogP contribution in [0.1, 0.15) is 36.7 Å². The van der Waals surface area contributed by atoms with E-state index in [4.69, 9.17) is 11.6 Å². The van der Waals surface area contributed by atoms with Gasteiger partial charge in [0.25, 0.3) is 5.91 Å². The molecule has 1 rings (SSSR count). The molecule has 0 aromatic heterocycles. The van der Waals surface area contributed by atoms with Crippen molar-refractivity contribution in [2.45, 2.75) is 39.3 Å². The SMILES string of the molecule is Cc1ccc(C(=O)NC(C)(C)C(C)O)cc1Cl. The average molecular weight is 256 g/mol. The number of hydrogen-bond donors (Lipinski definition) is 2. The standard InChI is InChI=1S/C13H18ClNO2/c1-8-5-6-10(7-11(8)14)12(17)15-13(3,4)9(2)16/h5-7,9,16H,1-4H3,(H,15,17). The molecule has 4 heteroatoms. The lowest BCUT2D eigenvalue weighted by Crippen LogP contribution is -2.50. The number of aryl methyl sites for hydroxylation is 1. The van der Waals surface area contributed by atoms with E-state index in [9.17, 15) is 9.90 Å². The molecule has 0 heterocycles. The van der Waals surface area contributed by atoms with Gasteiger partial charge < -0.3 is 10.4 Å². The molecule has 0 saturated carbocycles. The molecule has 1 unspecified atom stereocenters. The second-order valence-electron chi connectivity index (χ2n) is 4.82. The third-order valence-corrected chi connectivity index (χ3v) is 3.32. The molecule has 1 atom stereocenters. The van der Waals surface area contributed by atoms with E-state index < -0.39 is 11.6 Å². The van der Waals surface area contributed by atoms with Crippen LogP contribution >= 0.6 is 11.6 Å². The predicted octanol–water partition coefficient (Wildman–Crippen LogP) is 2.54. The van der Waals surface area contributed by atoms with Crippen LogP contribution in [0, 0.1) is 6.92 Å². The van der Waals surface area contributed by atoms with E-state index >= 15 is 0 Å². The van der Waals surface area contributed by atoms with Crippen LogP contribution in [0.15, 0.2) is 18.2 Å². The summed E-state index contributed by atoms with van der Waals surface area (Å²) in [5.41, 5.74) is 0.751. The summed E-state index contributed by atoms with van der Waals surface area (Å²) in [6.45, 7) is 7.06. The molecule has 17 heavy (non-hydrogen) atoms. The molecule has 1 aromatic rings. The maximum Gasteiger partial charge on any atom is 0.251 e. The molecule has 0 radical (unpaired) electrons. The van der Waals surface area contributed by atoms with Crippen LogP contribution < -0.4 is 5.32 Å². The third kappa shape index (κ3) is 3.45. The Balaban J connectivity index is 2.87. The number of aliphatic hydroxyl groups excluding tert-OH is 1. The highest BCUT2D eigenvalue weighted by atomic mass is 35.5. The zero-order valence-corrected chi connectivity index (χ0v) is 11.3. The van der Waals surface area contributed by atoms with E-state index in [1.54, 1.807) is 39.0 Å². The molecule has 94 valence electrons. The normalized spacial score (nSPS) is 13.3. The van der Waals surface area contributed by atoms with E-state index in [0.29, 0.717) is 10.6 Å². The van der Waals surface area contributed by atoms with Crippen LogP contribution in [0.5, 0.6) is 0 Å². The molecule has 3 nitrogen and oxygen atoms in total. The zero-order chi connectivity index (χ0) is 13.2. The Labute approximate surface area is 107 Å². The van der Waals surface area contributed by atoms with Gasteiger partial charge in [0.05, 0.1) is 11.6 Å². The van der Waals surface area contributed by atoms with E-state index in [1.165, 1.54) is 0 Å². The zero-order valence-electron chi connectivity index (χ0n) is 10.5. The van der Waals surface area contributed by atoms with E-state index in [-0.39, 0.29) is 5.91 Å². The lowest BCUT2D eigenvalue weighted by Gasteiger charge is -2.29. The van der Waals surface area contributed by atoms with Gasteiger partial charge in [-0.15, -0.1) is 0 Å². The Hall–Kier alpha value is -1.06. The van der Waals surface area contributed by atoms with Gasteiger partial charge in [-0.25, -0.2) is 0 Å². The monoisotopic (exact) mass is 255 g/mol. The van der Waals surface area contributed by atoms with Crippen molar-refractivity contribution in [2.75, 3.05) is 0 Å². The number of benzene rings is 1. The molecule has 1 aromatic carbocycles. The molecular formula is C13H18ClNO2. The first-order chi connectivity index (χ1) is 7.74. The van der Waals surface area contributed by atoms with Crippen molar-refractivity contribution in [3.63, 3.8) is 0 Å². The molecule has 0 bridgehead atoms. The van der Waals surface area contributed by atoms with Gasteiger partial charge in [-0.1, -0.05) is 17.7 Å². The fraction of sp³-hybridized carbons (Fsp3) is 0.462. The number of halogens is 1. The first kappa shape index (κ1) is 14.0. The number of carbonyl (C=O) groups excluding carboxylic acids is 1. The quantitative estimate of drug-likeness (QED) is 0.872. The molecule has 0 fully saturated rings. The molecule has 0 aliphatic carbocycles. The second kappa shape index (κ2) is 5.07. The second-order valence-corrected chi connectivity index (χ2v) is 5.22. The van der Waals surface area contributed by atoms with Crippen LogP contribution in [0.25, 0.3) is 0 Å². The van der Waals surface area contributed by atoms with E-state index in [1.807, 2.05) is 6.92 Å². The lowest BCUT2D eigenvalue weighted by atomic mass is 9.98. The van der Waals surface area contributed by atoms with Crippen molar-refractivity contribution in [3.8, 4) is 0 Å². The van der Waals surface area contributed by atoms with Gasteiger partial charge in [0.1, 0.15) is 0 Å². The van der Waals surface area contributed by atoms with Crippen molar-refractivity contribution in [3.05, 3.63) is 34.3 Å². The molecule has 2 N–H and O–H groups in total. The molecular weight excluding hydrogens is 238 g/mol. The lowest BCUT2D eigenvalue weighted by molar-refractivity contribution is 0.0709. The van der Waals surface area contributed by atoms with Gasteiger partial charge in [0.15, 0.2) is 0 Å². The molecule has 0 spiro atoms. The van der Waals surface area contributed by atoms with Crippen LogP contribution in [0.3, 0.4) is 0 Å². The predicted molar refractivity (Wildman–Crippen MR) is 69.4 cm³/mol. The molecule has 0 saturated heterocycles. The minimum absolute atomic E-state index is 0.238. The Morgan fingerprint density at radius 3 is 2.53 bits per heavy atom.